The molecule has 2 aromatic rings. The van der Waals surface area contributed by atoms with Gasteiger partial charge in [0.15, 0.2) is 0 Å². The number of nitrogens with one attached hydrogen (secondary N) is 1. The Hall–Kier alpha value is -2.68. The molecule has 22 heavy (non-hydrogen) atoms. The highest BCUT2D eigenvalue weighted by atomic mass is 32.2. The Labute approximate surface area is 127 Å². The summed E-state index contributed by atoms with van der Waals surface area (Å²) in [6.07, 6.45) is 1.48. The van der Waals surface area contributed by atoms with Crippen molar-refractivity contribution in [1.29, 1.82) is 0 Å². The molecule has 1 aromatic heterocycles. The maximum absolute atomic E-state index is 12.1. The Kier molecular flexibility index (Phi) is 4.27. The van der Waals surface area contributed by atoms with Gasteiger partial charge in [-0.2, -0.15) is 4.98 Å². The molecule has 1 aromatic carbocycles. The number of hydrogen-bond donors (Lipinski definition) is 3. The van der Waals surface area contributed by atoms with Gasteiger partial charge >= 0.3 is 0 Å². The van der Waals surface area contributed by atoms with Gasteiger partial charge in [0.25, 0.3) is 10.0 Å². The lowest BCUT2D eigenvalue weighted by Gasteiger charge is -2.09. The summed E-state index contributed by atoms with van der Waals surface area (Å²) in [5.41, 5.74) is 12.1. The number of nitrogens with zero attached hydrogens (tertiary/aromatic N) is 2. The van der Waals surface area contributed by atoms with E-state index in [0.29, 0.717) is 11.1 Å². The molecule has 2 rings (SSSR count). The second kappa shape index (κ2) is 5.98. The first-order chi connectivity index (χ1) is 10.3. The van der Waals surface area contributed by atoms with Crippen LogP contribution >= 0.6 is 0 Å². The summed E-state index contributed by atoms with van der Waals surface area (Å²) in [6, 6.07) is 5.96. The number of nitrogen functional groups attached to an aromatic ring is 2. The highest BCUT2D eigenvalue weighted by Crippen LogP contribution is 2.26. The molecule has 0 aliphatic carbocycles. The minimum atomic E-state index is -3.93. The van der Waals surface area contributed by atoms with E-state index in [-0.39, 0.29) is 23.1 Å². The molecule has 0 aliphatic rings. The van der Waals surface area contributed by atoms with E-state index in [1.165, 1.54) is 24.4 Å². The third-order valence-corrected chi connectivity index (χ3v) is 4.23. The lowest BCUT2D eigenvalue weighted by Crippen LogP contribution is -2.29. The molecule has 0 bridgehead atoms. The van der Waals surface area contributed by atoms with Crippen LogP contribution in [-0.2, 0) is 14.8 Å². The molecule has 1 amide bonds. The van der Waals surface area contributed by atoms with Crippen LogP contribution in [0.3, 0.4) is 0 Å². The lowest BCUT2D eigenvalue weighted by molar-refractivity contribution is -0.119. The second-order valence-electron chi connectivity index (χ2n) is 4.44. The summed E-state index contributed by atoms with van der Waals surface area (Å²) in [5, 5.41) is 0. The van der Waals surface area contributed by atoms with Gasteiger partial charge in [-0.05, 0) is 17.7 Å². The van der Waals surface area contributed by atoms with Gasteiger partial charge in [0.1, 0.15) is 5.82 Å². The summed E-state index contributed by atoms with van der Waals surface area (Å²) >= 11 is 0. The minimum absolute atomic E-state index is 0.0280. The van der Waals surface area contributed by atoms with Gasteiger partial charge in [-0.1, -0.05) is 19.1 Å². The van der Waals surface area contributed by atoms with Gasteiger partial charge in [-0.15, -0.1) is 0 Å². The third kappa shape index (κ3) is 3.31. The van der Waals surface area contributed by atoms with Gasteiger partial charge in [0.2, 0.25) is 11.9 Å². The van der Waals surface area contributed by atoms with E-state index in [0.717, 1.165) is 0 Å². The van der Waals surface area contributed by atoms with Crippen LogP contribution in [0.1, 0.15) is 13.3 Å². The first-order valence-corrected chi connectivity index (χ1v) is 7.86. The van der Waals surface area contributed by atoms with Crippen molar-refractivity contribution in [3.8, 4) is 11.1 Å². The molecule has 0 aliphatic heterocycles. The van der Waals surface area contributed by atoms with Crippen molar-refractivity contribution in [3.05, 3.63) is 30.5 Å². The number of amides is 1. The number of carbonyl (C=O) groups excluding carboxylic acids is 1. The smallest absolute Gasteiger partial charge is 0.264 e. The fraction of sp³-hybridized carbons (Fsp3) is 0.154. The van der Waals surface area contributed by atoms with Crippen LogP contribution in [0.25, 0.3) is 11.1 Å². The van der Waals surface area contributed by atoms with E-state index >= 15 is 0 Å². The van der Waals surface area contributed by atoms with E-state index < -0.39 is 15.9 Å². The minimum Gasteiger partial charge on any atom is -0.383 e. The first kappa shape index (κ1) is 15.7. The molecular formula is C13H15N5O3S. The third-order valence-electron chi connectivity index (χ3n) is 2.86. The number of carbonyl (C=O) groups is 1. The van der Waals surface area contributed by atoms with Gasteiger partial charge < -0.3 is 11.5 Å². The molecule has 1 heterocycles. The van der Waals surface area contributed by atoms with Crippen LogP contribution in [-0.4, -0.2) is 24.3 Å². The van der Waals surface area contributed by atoms with Crippen LogP contribution < -0.4 is 16.2 Å². The maximum Gasteiger partial charge on any atom is 0.264 e. The molecule has 9 heteroatoms. The molecular weight excluding hydrogens is 306 g/mol. The number of sulfonamides is 1. The van der Waals surface area contributed by atoms with E-state index in [1.54, 1.807) is 13.0 Å². The summed E-state index contributed by atoms with van der Waals surface area (Å²) in [4.78, 5) is 18.9. The van der Waals surface area contributed by atoms with Crippen molar-refractivity contribution in [2.24, 2.45) is 0 Å². The molecule has 116 valence electrons. The molecule has 0 saturated carbocycles. The van der Waals surface area contributed by atoms with E-state index in [1.807, 2.05) is 4.72 Å². The van der Waals surface area contributed by atoms with Gasteiger partial charge in [0.05, 0.1) is 4.90 Å². The van der Waals surface area contributed by atoms with E-state index in [2.05, 4.69) is 9.97 Å². The number of anilines is 2. The van der Waals surface area contributed by atoms with Crippen LogP contribution in [0.2, 0.25) is 0 Å². The monoisotopic (exact) mass is 321 g/mol. The van der Waals surface area contributed by atoms with Crippen molar-refractivity contribution in [3.63, 3.8) is 0 Å². The maximum atomic E-state index is 12.1. The normalized spacial score (nSPS) is 11.1. The predicted octanol–water partition coefficient (Wildman–Crippen LogP) is 0.523. The molecule has 8 nitrogen and oxygen atoms in total. The van der Waals surface area contributed by atoms with Crippen LogP contribution in [0, 0.1) is 0 Å². The summed E-state index contributed by atoms with van der Waals surface area (Å²) in [5.74, 6) is -0.416. The SMILES string of the molecule is CCC(=O)NS(=O)(=O)c1cccc(-c2cnc(N)nc2N)c1. The number of hydrogen-bond acceptors (Lipinski definition) is 7. The summed E-state index contributed by atoms with van der Waals surface area (Å²) in [6.45, 7) is 1.56. The van der Waals surface area contributed by atoms with Crippen LogP contribution in [0.4, 0.5) is 11.8 Å². The number of rotatable bonds is 4. The number of aromatic nitrogens is 2. The fourth-order valence-corrected chi connectivity index (χ4v) is 2.85. The van der Waals surface area contributed by atoms with E-state index in [4.69, 9.17) is 11.5 Å². The Morgan fingerprint density at radius 2 is 2.05 bits per heavy atom. The quantitative estimate of drug-likeness (QED) is 0.745. The van der Waals surface area contributed by atoms with Crippen molar-refractivity contribution in [2.45, 2.75) is 18.2 Å². The molecule has 0 unspecified atom stereocenters. The standard InChI is InChI=1S/C13H15N5O3S/c1-2-11(19)18-22(20,21)9-5-3-4-8(6-9)10-7-16-13(15)17-12(10)14/h3-7H,2H2,1H3,(H,18,19)(H4,14,15,16,17). The number of benzene rings is 1. The average molecular weight is 321 g/mol. The fourth-order valence-electron chi connectivity index (χ4n) is 1.74. The average Bonchev–Trinajstić information content (AvgIpc) is 2.47. The van der Waals surface area contributed by atoms with Gasteiger partial charge in [0, 0.05) is 18.2 Å². The largest absolute Gasteiger partial charge is 0.383 e. The molecule has 0 atom stereocenters. The second-order valence-corrected chi connectivity index (χ2v) is 6.12. The van der Waals surface area contributed by atoms with Crippen LogP contribution in [0.5, 0.6) is 0 Å². The Balaban J connectivity index is 2.44. The lowest BCUT2D eigenvalue weighted by atomic mass is 10.1. The molecule has 0 saturated heterocycles. The zero-order valence-corrected chi connectivity index (χ0v) is 12.6. The zero-order chi connectivity index (χ0) is 16.3. The van der Waals surface area contributed by atoms with Crippen molar-refractivity contribution >= 4 is 27.7 Å². The molecule has 5 N–H and O–H groups in total. The summed E-state index contributed by atoms with van der Waals surface area (Å²) < 4.78 is 26.2. The predicted molar refractivity (Wildman–Crippen MR) is 81.9 cm³/mol. The highest BCUT2D eigenvalue weighted by Gasteiger charge is 2.17. The van der Waals surface area contributed by atoms with Gasteiger partial charge in [-0.25, -0.2) is 18.1 Å². The molecule has 0 radical (unpaired) electrons. The topological polar surface area (TPSA) is 141 Å². The summed E-state index contributed by atoms with van der Waals surface area (Å²) in [7, 11) is -3.93. The highest BCUT2D eigenvalue weighted by molar-refractivity contribution is 7.90. The first-order valence-electron chi connectivity index (χ1n) is 6.37. The number of nitrogens with two attached hydrogens (primary N) is 2. The Bertz CT molecular complexity index is 820. The van der Waals surface area contributed by atoms with Crippen molar-refractivity contribution in [1.82, 2.24) is 14.7 Å². The Morgan fingerprint density at radius 3 is 2.68 bits per heavy atom. The Morgan fingerprint density at radius 1 is 1.32 bits per heavy atom. The van der Waals surface area contributed by atoms with Crippen molar-refractivity contribution in [2.75, 3.05) is 11.5 Å². The molecule has 0 spiro atoms. The molecule has 0 fully saturated rings. The van der Waals surface area contributed by atoms with E-state index in [9.17, 15) is 13.2 Å². The zero-order valence-electron chi connectivity index (χ0n) is 11.8. The van der Waals surface area contributed by atoms with Gasteiger partial charge in [-0.3, -0.25) is 4.79 Å². The van der Waals surface area contributed by atoms with Crippen LogP contribution in [0.15, 0.2) is 35.4 Å². The van der Waals surface area contributed by atoms with Crippen molar-refractivity contribution < 1.29 is 13.2 Å².